The molecule has 1 saturated heterocycles. The minimum absolute atomic E-state index is 0.00450. The lowest BCUT2D eigenvalue weighted by atomic mass is 9.90. The second-order valence-corrected chi connectivity index (χ2v) is 11.0. The van der Waals surface area contributed by atoms with Crippen molar-refractivity contribution in [2.24, 2.45) is 5.92 Å². The number of oxazole rings is 1. The first kappa shape index (κ1) is 21.9. The Morgan fingerprint density at radius 1 is 1.00 bits per heavy atom. The number of hydrogen-bond acceptors (Lipinski definition) is 6. The Kier molecular flexibility index (Phi) is 6.03. The van der Waals surface area contributed by atoms with Gasteiger partial charge < -0.3 is 9.32 Å². The lowest BCUT2D eigenvalue weighted by Crippen LogP contribution is -2.34. The van der Waals surface area contributed by atoms with Crippen LogP contribution in [0.3, 0.4) is 0 Å². The van der Waals surface area contributed by atoms with Crippen molar-refractivity contribution >= 4 is 27.1 Å². The molecule has 0 aliphatic carbocycles. The third-order valence-electron chi connectivity index (χ3n) is 5.96. The molecule has 5 nitrogen and oxygen atoms in total. The Labute approximate surface area is 196 Å². The largest absolute Gasteiger partial charge is 0.418 e. The van der Waals surface area contributed by atoms with Gasteiger partial charge in [-0.3, -0.25) is 0 Å². The van der Waals surface area contributed by atoms with Gasteiger partial charge in [-0.1, -0.05) is 36.4 Å². The molecule has 0 spiro atoms. The van der Waals surface area contributed by atoms with E-state index in [0.29, 0.717) is 19.0 Å². The minimum atomic E-state index is -3.98. The molecule has 0 bridgehead atoms. The van der Waals surface area contributed by atoms with Gasteiger partial charge in [-0.05, 0) is 66.5 Å². The standard InChI is InChI=1S/C25H23FN2O3S2/c26-20-8-10-21(11-9-20)33(29,30)24-25(31-23(27-24)22-7-4-16-32-22)28-14-12-19(13-15-28)17-18-5-2-1-3-6-18/h1-11,16,19H,12-15,17H2. The highest BCUT2D eigenvalue weighted by Gasteiger charge is 2.33. The zero-order valence-electron chi connectivity index (χ0n) is 17.9. The van der Waals surface area contributed by atoms with E-state index in [1.54, 1.807) is 0 Å². The summed E-state index contributed by atoms with van der Waals surface area (Å²) in [7, 11) is -3.98. The normalized spacial score (nSPS) is 15.1. The number of hydrogen-bond donors (Lipinski definition) is 0. The molecule has 0 amide bonds. The SMILES string of the molecule is O=S(=O)(c1ccc(F)cc1)c1nc(-c2cccs2)oc1N1CCC(Cc2ccccc2)CC1. The number of aromatic nitrogens is 1. The first-order valence-electron chi connectivity index (χ1n) is 10.8. The van der Waals surface area contributed by atoms with Crippen LogP contribution < -0.4 is 4.90 Å². The molecule has 0 saturated carbocycles. The Morgan fingerprint density at radius 3 is 2.39 bits per heavy atom. The highest BCUT2D eigenvalue weighted by Crippen LogP contribution is 2.37. The number of halogens is 1. The van der Waals surface area contributed by atoms with Crippen LogP contribution >= 0.6 is 11.3 Å². The molecule has 4 aromatic rings. The number of piperidine rings is 1. The average molecular weight is 483 g/mol. The molecule has 1 aliphatic rings. The lowest BCUT2D eigenvalue weighted by molar-refractivity contribution is 0.388. The maximum absolute atomic E-state index is 13.4. The van der Waals surface area contributed by atoms with Crippen LogP contribution in [0.25, 0.3) is 10.8 Å². The molecule has 3 heterocycles. The van der Waals surface area contributed by atoms with E-state index in [0.717, 1.165) is 36.3 Å². The van der Waals surface area contributed by atoms with Gasteiger partial charge in [0.2, 0.25) is 26.6 Å². The van der Waals surface area contributed by atoms with Gasteiger partial charge in [0.1, 0.15) is 5.82 Å². The lowest BCUT2D eigenvalue weighted by Gasteiger charge is -2.32. The summed E-state index contributed by atoms with van der Waals surface area (Å²) in [6, 6.07) is 18.9. The summed E-state index contributed by atoms with van der Waals surface area (Å²) in [5, 5.41) is 1.78. The molecule has 0 unspecified atom stereocenters. The average Bonchev–Trinajstić information content (AvgIpc) is 3.51. The number of anilines is 1. The maximum Gasteiger partial charge on any atom is 0.240 e. The van der Waals surface area contributed by atoms with Crippen LogP contribution in [0.1, 0.15) is 18.4 Å². The third kappa shape index (κ3) is 4.58. The van der Waals surface area contributed by atoms with Crippen LogP contribution in [0.2, 0.25) is 0 Å². The second-order valence-electron chi connectivity index (χ2n) is 8.18. The van der Waals surface area contributed by atoms with Crippen LogP contribution in [0.4, 0.5) is 10.3 Å². The Hall–Kier alpha value is -2.97. The van der Waals surface area contributed by atoms with Gasteiger partial charge in [-0.2, -0.15) is 4.98 Å². The molecule has 2 aromatic heterocycles. The van der Waals surface area contributed by atoms with E-state index in [4.69, 9.17) is 4.42 Å². The third-order valence-corrected chi connectivity index (χ3v) is 8.48. The summed E-state index contributed by atoms with van der Waals surface area (Å²) >= 11 is 1.44. The van der Waals surface area contributed by atoms with Crippen LogP contribution in [0.5, 0.6) is 0 Å². The fourth-order valence-electron chi connectivity index (χ4n) is 4.19. The molecule has 1 aliphatic heterocycles. The van der Waals surface area contributed by atoms with Gasteiger partial charge >= 0.3 is 0 Å². The van der Waals surface area contributed by atoms with Crippen molar-refractivity contribution in [3.8, 4) is 10.8 Å². The zero-order chi connectivity index (χ0) is 22.8. The summed E-state index contributed by atoms with van der Waals surface area (Å²) in [4.78, 5) is 7.14. The highest BCUT2D eigenvalue weighted by atomic mass is 32.2. The molecular weight excluding hydrogens is 459 g/mol. The minimum Gasteiger partial charge on any atom is -0.418 e. The van der Waals surface area contributed by atoms with Crippen molar-refractivity contribution in [1.82, 2.24) is 4.98 Å². The van der Waals surface area contributed by atoms with E-state index in [1.807, 2.05) is 28.5 Å². The van der Waals surface area contributed by atoms with Crippen molar-refractivity contribution in [3.63, 3.8) is 0 Å². The van der Waals surface area contributed by atoms with Gasteiger partial charge in [-0.15, -0.1) is 11.3 Å². The van der Waals surface area contributed by atoms with Crippen LogP contribution in [-0.4, -0.2) is 26.5 Å². The van der Waals surface area contributed by atoms with Gasteiger partial charge in [0.25, 0.3) is 0 Å². The molecule has 5 rings (SSSR count). The summed E-state index contributed by atoms with van der Waals surface area (Å²) in [5.74, 6) is 0.586. The summed E-state index contributed by atoms with van der Waals surface area (Å²) in [5.41, 5.74) is 1.31. The predicted octanol–water partition coefficient (Wildman–Crippen LogP) is 5.83. The van der Waals surface area contributed by atoms with Crippen molar-refractivity contribution in [1.29, 1.82) is 0 Å². The van der Waals surface area contributed by atoms with Crippen LogP contribution in [0, 0.1) is 11.7 Å². The van der Waals surface area contributed by atoms with Crippen LogP contribution in [-0.2, 0) is 16.3 Å². The number of benzene rings is 2. The van der Waals surface area contributed by atoms with Gasteiger partial charge in [0, 0.05) is 13.1 Å². The molecule has 1 fully saturated rings. The molecule has 170 valence electrons. The van der Waals surface area contributed by atoms with E-state index in [9.17, 15) is 12.8 Å². The summed E-state index contributed by atoms with van der Waals surface area (Å²) in [6.45, 7) is 1.37. The maximum atomic E-state index is 13.4. The number of rotatable bonds is 6. The monoisotopic (exact) mass is 482 g/mol. The molecule has 0 N–H and O–H groups in total. The summed E-state index contributed by atoms with van der Waals surface area (Å²) < 4.78 is 46.3. The molecule has 33 heavy (non-hydrogen) atoms. The van der Waals surface area contributed by atoms with E-state index in [1.165, 1.54) is 29.0 Å². The van der Waals surface area contributed by atoms with Gasteiger partial charge in [0.05, 0.1) is 9.77 Å². The number of thiophene rings is 1. The molecule has 0 radical (unpaired) electrons. The van der Waals surface area contributed by atoms with Crippen molar-refractivity contribution in [2.45, 2.75) is 29.2 Å². The Morgan fingerprint density at radius 2 is 1.73 bits per heavy atom. The predicted molar refractivity (Wildman–Crippen MR) is 127 cm³/mol. The van der Waals surface area contributed by atoms with E-state index < -0.39 is 15.7 Å². The van der Waals surface area contributed by atoms with E-state index in [-0.39, 0.29) is 21.7 Å². The van der Waals surface area contributed by atoms with Gasteiger partial charge in [0.15, 0.2) is 0 Å². The van der Waals surface area contributed by atoms with Crippen molar-refractivity contribution in [2.75, 3.05) is 18.0 Å². The fraction of sp³-hybridized carbons (Fsp3) is 0.240. The quantitative estimate of drug-likeness (QED) is 0.323. The van der Waals surface area contributed by atoms with E-state index >= 15 is 0 Å². The second kappa shape index (κ2) is 9.11. The zero-order valence-corrected chi connectivity index (χ0v) is 19.5. The summed E-state index contributed by atoms with van der Waals surface area (Å²) in [6.07, 6.45) is 2.87. The Balaban J connectivity index is 1.44. The molecule has 8 heteroatoms. The fourth-order valence-corrected chi connectivity index (χ4v) is 6.16. The Bertz CT molecular complexity index is 1310. The molecular formula is C25H23FN2O3S2. The first-order valence-corrected chi connectivity index (χ1v) is 13.2. The number of sulfone groups is 1. The van der Waals surface area contributed by atoms with E-state index in [2.05, 4.69) is 29.2 Å². The van der Waals surface area contributed by atoms with Crippen molar-refractivity contribution in [3.05, 3.63) is 83.5 Å². The van der Waals surface area contributed by atoms with Gasteiger partial charge in [-0.25, -0.2) is 12.8 Å². The molecule has 2 aromatic carbocycles. The molecule has 0 atom stereocenters. The van der Waals surface area contributed by atoms with Crippen LogP contribution in [0.15, 0.2) is 86.4 Å². The number of nitrogens with zero attached hydrogens (tertiary/aromatic N) is 2. The highest BCUT2D eigenvalue weighted by molar-refractivity contribution is 7.91. The topological polar surface area (TPSA) is 63.4 Å². The van der Waals surface area contributed by atoms with Crippen molar-refractivity contribution < 1.29 is 17.2 Å². The first-order chi connectivity index (χ1) is 16.0. The smallest absolute Gasteiger partial charge is 0.240 e.